The van der Waals surface area contributed by atoms with Gasteiger partial charge in [0.25, 0.3) is 0 Å². The molecule has 0 aliphatic rings. The number of nitrogens with one attached hydrogen (secondary N) is 1. The van der Waals surface area contributed by atoms with Crippen molar-refractivity contribution in [2.75, 3.05) is 11.9 Å². The molecule has 0 saturated carbocycles. The smallest absolute Gasteiger partial charge is 0.182 e. The van der Waals surface area contributed by atoms with Crippen LogP contribution in [0.15, 0.2) is 11.6 Å². The Labute approximate surface area is 88.3 Å². The van der Waals surface area contributed by atoms with Crippen molar-refractivity contribution in [1.82, 2.24) is 4.98 Å². The highest BCUT2D eigenvalue weighted by atomic mass is 35.5. The Kier molecular flexibility index (Phi) is 4.53. The van der Waals surface area contributed by atoms with E-state index in [0.29, 0.717) is 5.92 Å². The van der Waals surface area contributed by atoms with Crippen LogP contribution in [0.3, 0.4) is 0 Å². The number of rotatable bonds is 5. The van der Waals surface area contributed by atoms with Gasteiger partial charge in [0, 0.05) is 18.1 Å². The summed E-state index contributed by atoms with van der Waals surface area (Å²) in [6.45, 7) is 5.16. The average molecular weight is 219 g/mol. The Morgan fingerprint density at radius 3 is 2.92 bits per heavy atom. The van der Waals surface area contributed by atoms with Gasteiger partial charge in [0.05, 0.1) is 5.38 Å². The van der Waals surface area contributed by atoms with Gasteiger partial charge in [0.1, 0.15) is 0 Å². The largest absolute Gasteiger partial charge is 0.360 e. The summed E-state index contributed by atoms with van der Waals surface area (Å²) >= 11 is 7.71. The molecule has 2 nitrogen and oxygen atoms in total. The van der Waals surface area contributed by atoms with Gasteiger partial charge in [-0.05, 0) is 12.3 Å². The van der Waals surface area contributed by atoms with Gasteiger partial charge in [0.15, 0.2) is 5.13 Å². The minimum Gasteiger partial charge on any atom is -0.360 e. The molecule has 0 aromatic carbocycles. The summed E-state index contributed by atoms with van der Waals surface area (Å²) in [5, 5.41) is 6.31. The van der Waals surface area contributed by atoms with Crippen molar-refractivity contribution in [3.8, 4) is 0 Å². The summed E-state index contributed by atoms with van der Waals surface area (Å²) < 4.78 is 0. The van der Waals surface area contributed by atoms with Gasteiger partial charge >= 0.3 is 0 Å². The summed E-state index contributed by atoms with van der Waals surface area (Å²) in [6.07, 6.45) is 2.83. The molecule has 0 aliphatic heterocycles. The SMILES string of the molecule is CC(C)CC(Cl)CNc1nccs1. The highest BCUT2D eigenvalue weighted by Gasteiger charge is 2.07. The second-order valence-electron chi connectivity index (χ2n) is 3.44. The van der Waals surface area contributed by atoms with Crippen LogP contribution >= 0.6 is 22.9 Å². The summed E-state index contributed by atoms with van der Waals surface area (Å²) in [5.41, 5.74) is 0. The van der Waals surface area contributed by atoms with E-state index in [2.05, 4.69) is 24.1 Å². The topological polar surface area (TPSA) is 24.9 Å². The monoisotopic (exact) mass is 218 g/mol. The number of alkyl halides is 1. The van der Waals surface area contributed by atoms with Crippen LogP contribution in [0.2, 0.25) is 0 Å². The van der Waals surface area contributed by atoms with E-state index in [-0.39, 0.29) is 5.38 Å². The molecule has 1 unspecified atom stereocenters. The number of thiazole rings is 1. The van der Waals surface area contributed by atoms with E-state index in [4.69, 9.17) is 11.6 Å². The molecular weight excluding hydrogens is 204 g/mol. The molecule has 4 heteroatoms. The molecule has 1 rings (SSSR count). The normalized spacial score (nSPS) is 13.2. The number of hydrogen-bond donors (Lipinski definition) is 1. The van der Waals surface area contributed by atoms with Crippen LogP contribution in [0.5, 0.6) is 0 Å². The third kappa shape index (κ3) is 4.48. The Bertz CT molecular complexity index is 224. The first-order chi connectivity index (χ1) is 6.18. The standard InChI is InChI=1S/C9H15ClN2S/c1-7(2)5-8(10)6-12-9-11-3-4-13-9/h3-4,7-8H,5-6H2,1-2H3,(H,11,12). The fourth-order valence-corrected chi connectivity index (χ4v) is 2.08. The molecule has 1 N–H and O–H groups in total. The van der Waals surface area contributed by atoms with Crippen molar-refractivity contribution in [2.24, 2.45) is 5.92 Å². The first-order valence-electron chi connectivity index (χ1n) is 4.46. The van der Waals surface area contributed by atoms with Gasteiger partial charge in [-0.2, -0.15) is 0 Å². The molecule has 0 bridgehead atoms. The molecule has 0 spiro atoms. The van der Waals surface area contributed by atoms with Gasteiger partial charge in [-0.25, -0.2) is 4.98 Å². The molecule has 0 amide bonds. The van der Waals surface area contributed by atoms with Gasteiger partial charge in [-0.15, -0.1) is 22.9 Å². The van der Waals surface area contributed by atoms with E-state index < -0.39 is 0 Å². The van der Waals surface area contributed by atoms with Crippen LogP contribution in [0.4, 0.5) is 5.13 Å². The molecule has 13 heavy (non-hydrogen) atoms. The van der Waals surface area contributed by atoms with E-state index in [9.17, 15) is 0 Å². The minimum atomic E-state index is 0.198. The quantitative estimate of drug-likeness (QED) is 0.768. The van der Waals surface area contributed by atoms with Crippen molar-refractivity contribution < 1.29 is 0 Å². The first kappa shape index (κ1) is 10.8. The van der Waals surface area contributed by atoms with E-state index in [1.54, 1.807) is 17.5 Å². The number of anilines is 1. The van der Waals surface area contributed by atoms with Gasteiger partial charge in [-0.3, -0.25) is 0 Å². The third-order valence-corrected chi connectivity index (χ3v) is 2.70. The maximum Gasteiger partial charge on any atom is 0.182 e. The first-order valence-corrected chi connectivity index (χ1v) is 5.77. The minimum absolute atomic E-state index is 0.198. The number of aromatic nitrogens is 1. The highest BCUT2D eigenvalue weighted by molar-refractivity contribution is 7.13. The Balaban J connectivity index is 2.19. The Morgan fingerprint density at radius 2 is 2.38 bits per heavy atom. The van der Waals surface area contributed by atoms with Crippen LogP contribution in [-0.2, 0) is 0 Å². The Morgan fingerprint density at radius 1 is 1.62 bits per heavy atom. The van der Waals surface area contributed by atoms with Gasteiger partial charge in [0.2, 0.25) is 0 Å². The van der Waals surface area contributed by atoms with Crippen LogP contribution in [-0.4, -0.2) is 16.9 Å². The predicted octanol–water partition coefficient (Wildman–Crippen LogP) is 3.21. The van der Waals surface area contributed by atoms with Crippen molar-refractivity contribution in [3.63, 3.8) is 0 Å². The molecular formula is C9H15ClN2S. The Hall–Kier alpha value is -0.280. The van der Waals surface area contributed by atoms with Crippen LogP contribution < -0.4 is 5.32 Å². The lowest BCUT2D eigenvalue weighted by Crippen LogP contribution is -2.15. The van der Waals surface area contributed by atoms with Crippen LogP contribution in [0.1, 0.15) is 20.3 Å². The van der Waals surface area contributed by atoms with Crippen molar-refractivity contribution in [2.45, 2.75) is 25.6 Å². The van der Waals surface area contributed by atoms with Crippen LogP contribution in [0.25, 0.3) is 0 Å². The molecule has 0 saturated heterocycles. The fraction of sp³-hybridized carbons (Fsp3) is 0.667. The molecule has 1 aromatic heterocycles. The van der Waals surface area contributed by atoms with Crippen molar-refractivity contribution in [3.05, 3.63) is 11.6 Å². The fourth-order valence-electron chi connectivity index (χ4n) is 1.10. The molecule has 1 atom stereocenters. The summed E-state index contributed by atoms with van der Waals surface area (Å²) in [4.78, 5) is 4.12. The van der Waals surface area contributed by atoms with Crippen molar-refractivity contribution >= 4 is 28.1 Å². The van der Waals surface area contributed by atoms with E-state index in [0.717, 1.165) is 18.1 Å². The second kappa shape index (κ2) is 5.45. The summed E-state index contributed by atoms with van der Waals surface area (Å²) in [7, 11) is 0. The zero-order valence-electron chi connectivity index (χ0n) is 7.96. The zero-order valence-corrected chi connectivity index (χ0v) is 9.53. The lowest BCUT2D eigenvalue weighted by molar-refractivity contribution is 0.572. The maximum atomic E-state index is 6.11. The lowest BCUT2D eigenvalue weighted by Gasteiger charge is -2.11. The van der Waals surface area contributed by atoms with E-state index in [1.165, 1.54) is 0 Å². The predicted molar refractivity (Wildman–Crippen MR) is 59.7 cm³/mol. The molecule has 0 fully saturated rings. The number of halogens is 1. The maximum absolute atomic E-state index is 6.11. The van der Waals surface area contributed by atoms with Crippen LogP contribution in [0, 0.1) is 5.92 Å². The molecule has 0 radical (unpaired) electrons. The summed E-state index contributed by atoms with van der Waals surface area (Å²) in [5.74, 6) is 0.653. The molecule has 1 heterocycles. The van der Waals surface area contributed by atoms with Gasteiger partial charge < -0.3 is 5.32 Å². The summed E-state index contributed by atoms with van der Waals surface area (Å²) in [6, 6.07) is 0. The van der Waals surface area contributed by atoms with Crippen molar-refractivity contribution in [1.29, 1.82) is 0 Å². The van der Waals surface area contributed by atoms with E-state index in [1.807, 2.05) is 5.38 Å². The average Bonchev–Trinajstić information content (AvgIpc) is 2.51. The molecule has 74 valence electrons. The highest BCUT2D eigenvalue weighted by Crippen LogP contribution is 2.14. The third-order valence-electron chi connectivity index (χ3n) is 1.63. The zero-order chi connectivity index (χ0) is 9.68. The second-order valence-corrected chi connectivity index (χ2v) is 4.96. The molecule has 0 aliphatic carbocycles. The number of hydrogen-bond acceptors (Lipinski definition) is 3. The van der Waals surface area contributed by atoms with E-state index >= 15 is 0 Å². The number of nitrogens with zero attached hydrogens (tertiary/aromatic N) is 1. The molecule has 1 aromatic rings. The van der Waals surface area contributed by atoms with Gasteiger partial charge in [-0.1, -0.05) is 13.8 Å². The lowest BCUT2D eigenvalue weighted by atomic mass is 10.1.